The van der Waals surface area contributed by atoms with E-state index in [2.05, 4.69) is 9.89 Å². The fourth-order valence-corrected chi connectivity index (χ4v) is 0.296. The molecule has 0 saturated heterocycles. The van der Waals surface area contributed by atoms with Gasteiger partial charge >= 0.3 is 35.5 Å². The topological polar surface area (TPSA) is 111 Å². The number of nitrogens with zero attached hydrogens (tertiary/aromatic N) is 1. The average molecular weight is 171 g/mol. The van der Waals surface area contributed by atoms with E-state index in [1.807, 2.05) is 0 Å². The van der Waals surface area contributed by atoms with Crippen LogP contribution >= 0.6 is 0 Å². The van der Waals surface area contributed by atoms with E-state index in [9.17, 15) is 4.79 Å². The van der Waals surface area contributed by atoms with Crippen LogP contribution in [-0.2, 0) is 9.53 Å². The van der Waals surface area contributed by atoms with E-state index in [1.165, 1.54) is 6.92 Å². The summed E-state index contributed by atoms with van der Waals surface area (Å²) in [6, 6.07) is 0. The number of amidine groups is 1. The molecule has 0 radical (unpaired) electrons. The van der Waals surface area contributed by atoms with Gasteiger partial charge in [-0.05, 0) is 0 Å². The van der Waals surface area contributed by atoms with Gasteiger partial charge in [0.15, 0.2) is 5.84 Å². The van der Waals surface area contributed by atoms with Gasteiger partial charge in [-0.25, -0.2) is 0 Å². The van der Waals surface area contributed by atoms with Crippen molar-refractivity contribution >= 4 is 41.4 Å². The van der Waals surface area contributed by atoms with Crippen LogP contribution in [0.4, 0.5) is 0 Å². The number of carbonyl (C=O) groups excluding carboxylic acids is 1. The summed E-state index contributed by atoms with van der Waals surface area (Å²) in [4.78, 5) is 10.2. The summed E-state index contributed by atoms with van der Waals surface area (Å²) in [5.41, 5.74) is 10.0. The Morgan fingerprint density at radius 3 is 2.45 bits per heavy atom. The summed E-state index contributed by atoms with van der Waals surface area (Å²) in [5, 5.41) is 10.5. The number of rotatable bonds is 2. The average Bonchev–Trinajstić information content (AvgIpc) is 1.85. The second-order valence-electron chi connectivity index (χ2n) is 1.55. The van der Waals surface area contributed by atoms with E-state index in [0.717, 1.165) is 0 Å². The molecule has 60 valence electrons. The van der Waals surface area contributed by atoms with Crippen LogP contribution in [0.15, 0.2) is 5.16 Å². The normalized spacial score (nSPS) is 13.1. The summed E-state index contributed by atoms with van der Waals surface area (Å²) in [6.45, 7) is 1.17. The minimum atomic E-state index is -1.16. The number of hydrogen-bond donors (Lipinski definition) is 3. The van der Waals surface area contributed by atoms with Crippen LogP contribution < -0.4 is 11.5 Å². The first-order valence-electron chi connectivity index (χ1n) is 2.48. The molecular weight excluding hydrogens is 161 g/mol. The number of nitrogens with two attached hydrogens (primary N) is 2. The van der Waals surface area contributed by atoms with Gasteiger partial charge in [0.1, 0.15) is 0 Å². The molecule has 0 aromatic carbocycles. The maximum absolute atomic E-state index is 10.2. The Morgan fingerprint density at radius 2 is 2.18 bits per heavy atom. The minimum absolute atomic E-state index is 0. The monoisotopic (exact) mass is 171 g/mol. The summed E-state index contributed by atoms with van der Waals surface area (Å²) >= 11 is 0. The van der Waals surface area contributed by atoms with E-state index >= 15 is 0 Å². The molecule has 0 aliphatic rings. The van der Waals surface area contributed by atoms with Gasteiger partial charge in [0.25, 0.3) is 0 Å². The first-order chi connectivity index (χ1) is 4.57. The number of esters is 1. The van der Waals surface area contributed by atoms with Crippen molar-refractivity contribution in [2.75, 3.05) is 0 Å². The van der Waals surface area contributed by atoms with Crippen LogP contribution in [0.2, 0.25) is 0 Å². The van der Waals surface area contributed by atoms with E-state index in [1.54, 1.807) is 0 Å². The second kappa shape index (κ2) is 6.41. The first kappa shape index (κ1) is 13.3. The molecule has 0 spiro atoms. The van der Waals surface area contributed by atoms with E-state index in [4.69, 9.17) is 16.7 Å². The van der Waals surface area contributed by atoms with Crippen molar-refractivity contribution in [2.45, 2.75) is 13.2 Å². The summed E-state index contributed by atoms with van der Waals surface area (Å²) in [6.07, 6.45) is -1.16. The van der Waals surface area contributed by atoms with Gasteiger partial charge in [-0.15, -0.1) is 0 Å². The van der Waals surface area contributed by atoms with Crippen LogP contribution in [0.5, 0.6) is 0 Å². The molecule has 6 nitrogen and oxygen atoms in total. The van der Waals surface area contributed by atoms with Crippen LogP contribution in [0, 0.1) is 0 Å². The van der Waals surface area contributed by atoms with E-state index < -0.39 is 12.2 Å². The molecule has 1 unspecified atom stereocenters. The number of oxime groups is 1. The quantitative estimate of drug-likeness (QED) is 0.0840. The van der Waals surface area contributed by atoms with Crippen LogP contribution in [0.1, 0.15) is 6.92 Å². The van der Waals surface area contributed by atoms with Gasteiger partial charge in [0.05, 0.1) is 0 Å². The standard InChI is InChI=1S/C4H9N3O3.Na.H/c1-2(8)10-4(6)3(5)7-9;;/h4,9H,6H2,1H3,(H2,5,7);;. The first-order valence-corrected chi connectivity index (χ1v) is 2.48. The van der Waals surface area contributed by atoms with Crippen LogP contribution in [-0.4, -0.2) is 52.8 Å². The second-order valence-corrected chi connectivity index (χ2v) is 1.55. The zero-order valence-corrected chi connectivity index (χ0v) is 5.44. The molecular formula is C4H10N3NaO3. The molecule has 0 saturated carbocycles. The molecule has 0 aromatic rings. The summed E-state index contributed by atoms with van der Waals surface area (Å²) in [5.74, 6) is -0.922. The van der Waals surface area contributed by atoms with Gasteiger partial charge < -0.3 is 15.7 Å². The van der Waals surface area contributed by atoms with Gasteiger partial charge in [0.2, 0.25) is 6.23 Å². The maximum atomic E-state index is 10.2. The molecule has 7 heteroatoms. The third-order valence-corrected chi connectivity index (χ3v) is 0.700. The fourth-order valence-electron chi connectivity index (χ4n) is 0.296. The fraction of sp³-hybridized carbons (Fsp3) is 0.500. The van der Waals surface area contributed by atoms with E-state index in [-0.39, 0.29) is 35.4 Å². The van der Waals surface area contributed by atoms with Crippen molar-refractivity contribution < 1.29 is 14.7 Å². The molecule has 5 N–H and O–H groups in total. The Bertz CT molecular complexity index is 161. The number of hydrogen-bond acceptors (Lipinski definition) is 5. The molecule has 0 aromatic heterocycles. The molecule has 0 heterocycles. The summed E-state index contributed by atoms with van der Waals surface area (Å²) in [7, 11) is 0. The number of carbonyl (C=O) groups is 1. The zero-order valence-electron chi connectivity index (χ0n) is 5.44. The van der Waals surface area contributed by atoms with Gasteiger partial charge in [0, 0.05) is 6.92 Å². The molecule has 11 heavy (non-hydrogen) atoms. The third kappa shape index (κ3) is 6.11. The molecule has 0 fully saturated rings. The zero-order chi connectivity index (χ0) is 8.15. The SMILES string of the molecule is CC(=O)OC(N)C(N)=NO.[NaH]. The van der Waals surface area contributed by atoms with Gasteiger partial charge in [-0.1, -0.05) is 5.16 Å². The van der Waals surface area contributed by atoms with Crippen molar-refractivity contribution in [1.82, 2.24) is 0 Å². The Hall–Kier alpha value is -0.300. The molecule has 1 atom stereocenters. The molecule has 0 aliphatic carbocycles. The van der Waals surface area contributed by atoms with E-state index in [0.29, 0.717) is 0 Å². The van der Waals surface area contributed by atoms with Crippen molar-refractivity contribution in [3.05, 3.63) is 0 Å². The Balaban J connectivity index is 0. The van der Waals surface area contributed by atoms with Crippen molar-refractivity contribution in [1.29, 1.82) is 0 Å². The van der Waals surface area contributed by atoms with Crippen LogP contribution in [0.3, 0.4) is 0 Å². The number of ether oxygens (including phenoxy) is 1. The van der Waals surface area contributed by atoms with Gasteiger partial charge in [-0.3, -0.25) is 10.5 Å². The van der Waals surface area contributed by atoms with Crippen molar-refractivity contribution in [3.8, 4) is 0 Å². The predicted octanol–water partition coefficient (Wildman–Crippen LogP) is -2.07. The molecule has 0 rings (SSSR count). The summed E-state index contributed by atoms with van der Waals surface area (Å²) < 4.78 is 4.33. The van der Waals surface area contributed by atoms with Crippen molar-refractivity contribution in [3.63, 3.8) is 0 Å². The van der Waals surface area contributed by atoms with Gasteiger partial charge in [-0.2, -0.15) is 0 Å². The predicted molar refractivity (Wildman–Crippen MR) is 40.3 cm³/mol. The molecule has 0 aliphatic heterocycles. The third-order valence-electron chi connectivity index (χ3n) is 0.700. The van der Waals surface area contributed by atoms with Crippen molar-refractivity contribution in [2.24, 2.45) is 16.6 Å². The Labute approximate surface area is 85.8 Å². The Kier molecular flexibility index (Phi) is 7.75. The molecule has 0 amide bonds. The van der Waals surface area contributed by atoms with Crippen LogP contribution in [0.25, 0.3) is 0 Å². The Morgan fingerprint density at radius 1 is 1.73 bits per heavy atom. The molecule has 0 bridgehead atoms.